The third kappa shape index (κ3) is 6.59. The molecule has 0 aliphatic rings. The fourth-order valence-corrected chi connectivity index (χ4v) is 3.14. The van der Waals surface area contributed by atoms with Crippen LogP contribution in [0.4, 0.5) is 0 Å². The molecule has 0 saturated heterocycles. The van der Waals surface area contributed by atoms with Gasteiger partial charge >= 0.3 is 5.97 Å². The molecule has 0 heterocycles. The van der Waals surface area contributed by atoms with Gasteiger partial charge in [0.05, 0.1) is 20.3 Å². The molecule has 0 fully saturated rings. The maximum atomic E-state index is 12.6. The van der Waals surface area contributed by atoms with Crippen LogP contribution in [-0.4, -0.2) is 26.3 Å². The van der Waals surface area contributed by atoms with Gasteiger partial charge in [-0.3, -0.25) is 4.79 Å². The molecule has 4 nitrogen and oxygen atoms in total. The number of methoxy groups -OCH3 is 1. The van der Waals surface area contributed by atoms with E-state index in [9.17, 15) is 4.79 Å². The van der Waals surface area contributed by atoms with Gasteiger partial charge in [0, 0.05) is 0 Å². The lowest BCUT2D eigenvalue weighted by atomic mass is 9.91. The molecule has 2 rings (SSSR count). The standard InChI is InChI=1S/C24H32O4/c1-4-6-7-8-9-18-28-22-16-12-20(13-17-22)23(24(25)27-5-2)19-10-14-21(26-3)15-11-19/h10-17,23H,4-9,18H2,1-3H3. The van der Waals surface area contributed by atoms with Crippen LogP contribution in [0.15, 0.2) is 48.5 Å². The average Bonchev–Trinajstić information content (AvgIpc) is 2.72. The molecule has 0 saturated carbocycles. The molecule has 4 heteroatoms. The van der Waals surface area contributed by atoms with Crippen molar-refractivity contribution in [3.63, 3.8) is 0 Å². The molecule has 0 bridgehead atoms. The van der Waals surface area contributed by atoms with Gasteiger partial charge in [-0.15, -0.1) is 0 Å². The Hall–Kier alpha value is -2.49. The highest BCUT2D eigenvalue weighted by Gasteiger charge is 2.24. The molecule has 0 aromatic heterocycles. The lowest BCUT2D eigenvalue weighted by molar-refractivity contribution is -0.143. The van der Waals surface area contributed by atoms with Crippen molar-refractivity contribution >= 4 is 5.97 Å². The summed E-state index contributed by atoms with van der Waals surface area (Å²) in [5, 5.41) is 0. The van der Waals surface area contributed by atoms with Gasteiger partial charge in [-0.05, 0) is 48.7 Å². The predicted molar refractivity (Wildman–Crippen MR) is 112 cm³/mol. The number of hydrogen-bond acceptors (Lipinski definition) is 4. The molecule has 0 spiro atoms. The second-order valence-electron chi connectivity index (χ2n) is 6.79. The van der Waals surface area contributed by atoms with Crippen molar-refractivity contribution < 1.29 is 19.0 Å². The number of rotatable bonds is 12. The van der Waals surface area contributed by atoms with Crippen molar-refractivity contribution in [2.45, 2.75) is 51.9 Å². The Bertz CT molecular complexity index is 692. The zero-order valence-corrected chi connectivity index (χ0v) is 17.3. The maximum absolute atomic E-state index is 12.6. The third-order valence-electron chi connectivity index (χ3n) is 4.70. The van der Waals surface area contributed by atoms with Crippen LogP contribution >= 0.6 is 0 Å². The Labute approximate surface area is 168 Å². The molecule has 0 amide bonds. The van der Waals surface area contributed by atoms with Gasteiger partial charge in [0.1, 0.15) is 17.4 Å². The van der Waals surface area contributed by atoms with E-state index >= 15 is 0 Å². The molecule has 1 atom stereocenters. The molecule has 152 valence electrons. The van der Waals surface area contributed by atoms with Gasteiger partial charge in [-0.1, -0.05) is 56.9 Å². The summed E-state index contributed by atoms with van der Waals surface area (Å²) in [5.41, 5.74) is 1.77. The lowest BCUT2D eigenvalue weighted by Crippen LogP contribution is -2.17. The monoisotopic (exact) mass is 384 g/mol. The second-order valence-corrected chi connectivity index (χ2v) is 6.79. The normalized spacial score (nSPS) is 11.7. The zero-order valence-electron chi connectivity index (χ0n) is 17.3. The smallest absolute Gasteiger partial charge is 0.317 e. The average molecular weight is 385 g/mol. The van der Waals surface area contributed by atoms with Crippen molar-refractivity contribution in [1.29, 1.82) is 0 Å². The number of carbonyl (C=O) groups is 1. The van der Waals surface area contributed by atoms with Crippen LogP contribution in [0, 0.1) is 0 Å². The Morgan fingerprint density at radius 3 is 1.93 bits per heavy atom. The SMILES string of the molecule is CCCCCCCOc1ccc(C(C(=O)OCC)c2ccc(OC)cc2)cc1. The molecular weight excluding hydrogens is 352 g/mol. The van der Waals surface area contributed by atoms with Gasteiger partial charge in [-0.2, -0.15) is 0 Å². The third-order valence-corrected chi connectivity index (χ3v) is 4.70. The second kappa shape index (κ2) is 12.1. The van der Waals surface area contributed by atoms with E-state index in [2.05, 4.69) is 6.92 Å². The number of unbranched alkanes of at least 4 members (excludes halogenated alkanes) is 4. The molecule has 2 aromatic rings. The molecule has 28 heavy (non-hydrogen) atoms. The van der Waals surface area contributed by atoms with E-state index in [1.54, 1.807) is 7.11 Å². The van der Waals surface area contributed by atoms with E-state index in [1.165, 1.54) is 25.7 Å². The van der Waals surface area contributed by atoms with Gasteiger partial charge < -0.3 is 14.2 Å². The highest BCUT2D eigenvalue weighted by atomic mass is 16.5. The summed E-state index contributed by atoms with van der Waals surface area (Å²) in [6.45, 7) is 5.11. The number of hydrogen-bond donors (Lipinski definition) is 0. The fraction of sp³-hybridized carbons (Fsp3) is 0.458. The van der Waals surface area contributed by atoms with Crippen LogP contribution < -0.4 is 9.47 Å². The Morgan fingerprint density at radius 2 is 1.39 bits per heavy atom. The minimum atomic E-state index is -0.464. The highest BCUT2D eigenvalue weighted by molar-refractivity contribution is 5.82. The first kappa shape index (κ1) is 21.8. The Balaban J connectivity index is 2.05. The van der Waals surface area contributed by atoms with Gasteiger partial charge in [0.2, 0.25) is 0 Å². The number of ether oxygens (including phenoxy) is 3. The first-order valence-electron chi connectivity index (χ1n) is 10.2. The quantitative estimate of drug-likeness (QED) is 0.346. The summed E-state index contributed by atoms with van der Waals surface area (Å²) in [5.74, 6) is 0.872. The van der Waals surface area contributed by atoms with Crippen LogP contribution in [-0.2, 0) is 9.53 Å². The summed E-state index contributed by atoms with van der Waals surface area (Å²) in [6, 6.07) is 15.3. The number of carbonyl (C=O) groups excluding carboxylic acids is 1. The van der Waals surface area contributed by atoms with Crippen LogP contribution in [0.25, 0.3) is 0 Å². The maximum Gasteiger partial charge on any atom is 0.317 e. The van der Waals surface area contributed by atoms with Crippen molar-refractivity contribution in [2.75, 3.05) is 20.3 Å². The summed E-state index contributed by atoms with van der Waals surface area (Å²) in [6.07, 6.45) is 6.07. The Kier molecular flexibility index (Phi) is 9.40. The van der Waals surface area contributed by atoms with Gasteiger partial charge in [0.15, 0.2) is 0 Å². The van der Waals surface area contributed by atoms with E-state index in [0.29, 0.717) is 6.61 Å². The molecule has 1 unspecified atom stereocenters. The van der Waals surface area contributed by atoms with E-state index in [4.69, 9.17) is 14.2 Å². The van der Waals surface area contributed by atoms with Crippen LogP contribution in [0.2, 0.25) is 0 Å². The summed E-state index contributed by atoms with van der Waals surface area (Å²) in [7, 11) is 1.63. The highest BCUT2D eigenvalue weighted by Crippen LogP contribution is 2.29. The topological polar surface area (TPSA) is 44.8 Å². The van der Waals surface area contributed by atoms with E-state index in [0.717, 1.165) is 35.7 Å². The zero-order chi connectivity index (χ0) is 20.2. The molecular formula is C24H32O4. The van der Waals surface area contributed by atoms with Crippen LogP contribution in [0.1, 0.15) is 63.0 Å². The first-order valence-corrected chi connectivity index (χ1v) is 10.2. The predicted octanol–water partition coefficient (Wildman–Crippen LogP) is 5.74. The summed E-state index contributed by atoms with van der Waals surface area (Å²) < 4.78 is 16.4. The summed E-state index contributed by atoms with van der Waals surface area (Å²) in [4.78, 5) is 12.6. The van der Waals surface area contributed by atoms with Crippen molar-refractivity contribution in [1.82, 2.24) is 0 Å². The van der Waals surface area contributed by atoms with E-state index in [-0.39, 0.29) is 5.97 Å². The Morgan fingerprint density at radius 1 is 0.821 bits per heavy atom. The van der Waals surface area contributed by atoms with Crippen LogP contribution in [0.3, 0.4) is 0 Å². The molecule has 0 N–H and O–H groups in total. The van der Waals surface area contributed by atoms with Crippen molar-refractivity contribution in [3.8, 4) is 11.5 Å². The number of benzene rings is 2. The van der Waals surface area contributed by atoms with Crippen molar-refractivity contribution in [3.05, 3.63) is 59.7 Å². The largest absolute Gasteiger partial charge is 0.497 e. The molecule has 0 aliphatic heterocycles. The minimum Gasteiger partial charge on any atom is -0.497 e. The van der Waals surface area contributed by atoms with Crippen molar-refractivity contribution in [2.24, 2.45) is 0 Å². The lowest BCUT2D eigenvalue weighted by Gasteiger charge is -2.17. The summed E-state index contributed by atoms with van der Waals surface area (Å²) >= 11 is 0. The van der Waals surface area contributed by atoms with E-state index in [1.807, 2.05) is 55.5 Å². The molecule has 0 radical (unpaired) electrons. The van der Waals surface area contributed by atoms with E-state index < -0.39 is 5.92 Å². The van der Waals surface area contributed by atoms with Gasteiger partial charge in [0.25, 0.3) is 0 Å². The fourth-order valence-electron chi connectivity index (χ4n) is 3.14. The molecule has 0 aliphatic carbocycles. The minimum absolute atomic E-state index is 0.253. The van der Waals surface area contributed by atoms with Crippen LogP contribution in [0.5, 0.6) is 11.5 Å². The molecule has 2 aromatic carbocycles. The number of esters is 1. The van der Waals surface area contributed by atoms with Gasteiger partial charge in [-0.25, -0.2) is 0 Å². The first-order chi connectivity index (χ1) is 13.7.